The van der Waals surface area contributed by atoms with Crippen LogP contribution in [0.2, 0.25) is 0 Å². The highest BCUT2D eigenvalue weighted by Crippen LogP contribution is 2.28. The van der Waals surface area contributed by atoms with Crippen molar-refractivity contribution in [1.29, 1.82) is 0 Å². The number of nitrogens with one attached hydrogen (secondary N) is 2. The number of nitrogens with zero attached hydrogens (tertiary/aromatic N) is 2. The van der Waals surface area contributed by atoms with Crippen LogP contribution in [0.4, 0.5) is 10.8 Å². The molecule has 2 N–H and O–H groups in total. The lowest BCUT2D eigenvalue weighted by Crippen LogP contribution is -2.36. The first-order valence-electron chi connectivity index (χ1n) is 8.70. The van der Waals surface area contributed by atoms with Crippen LogP contribution >= 0.6 is 11.3 Å². The number of carbonyl (C=O) groups excluding carboxylic acids is 1. The number of anilines is 2. The molecule has 0 saturated carbocycles. The van der Waals surface area contributed by atoms with Crippen LogP contribution in [-0.4, -0.2) is 50.3 Å². The second-order valence-corrected chi connectivity index (χ2v) is 7.21. The van der Waals surface area contributed by atoms with Crippen LogP contribution in [0.3, 0.4) is 0 Å². The fourth-order valence-electron chi connectivity index (χ4n) is 3.14. The molecular weight excluding hydrogens is 336 g/mol. The van der Waals surface area contributed by atoms with Crippen LogP contribution in [-0.2, 0) is 9.53 Å². The Kier molecular flexibility index (Phi) is 4.96. The minimum absolute atomic E-state index is 0.0781. The van der Waals surface area contributed by atoms with Gasteiger partial charge < -0.3 is 20.3 Å². The van der Waals surface area contributed by atoms with Crippen molar-refractivity contribution < 1.29 is 9.53 Å². The summed E-state index contributed by atoms with van der Waals surface area (Å²) in [5.41, 5.74) is 2.88. The van der Waals surface area contributed by atoms with Gasteiger partial charge >= 0.3 is 0 Å². The Labute approximate surface area is 151 Å². The van der Waals surface area contributed by atoms with E-state index in [0.717, 1.165) is 67.9 Å². The number of amides is 1. The van der Waals surface area contributed by atoms with Gasteiger partial charge in [-0.25, -0.2) is 4.98 Å². The smallest absolute Gasteiger partial charge is 0.228 e. The number of carbonyl (C=O) groups is 1. The summed E-state index contributed by atoms with van der Waals surface area (Å²) in [4.78, 5) is 19.2. The van der Waals surface area contributed by atoms with Gasteiger partial charge in [-0.1, -0.05) is 12.1 Å². The molecule has 2 aliphatic rings. The zero-order valence-corrected chi connectivity index (χ0v) is 14.8. The molecule has 1 amide bonds. The first kappa shape index (κ1) is 16.5. The summed E-state index contributed by atoms with van der Waals surface area (Å²) in [6.45, 7) is 5.01. The Hall–Kier alpha value is -1.96. The highest BCUT2D eigenvalue weighted by molar-refractivity contribution is 7.14. The summed E-state index contributed by atoms with van der Waals surface area (Å²) in [6.07, 6.45) is 0.910. The zero-order chi connectivity index (χ0) is 17.1. The van der Waals surface area contributed by atoms with Crippen molar-refractivity contribution >= 4 is 28.1 Å². The number of morpholine rings is 1. The molecule has 1 aromatic carbocycles. The highest BCUT2D eigenvalue weighted by Gasteiger charge is 2.22. The van der Waals surface area contributed by atoms with E-state index in [1.54, 1.807) is 11.3 Å². The molecule has 2 saturated heterocycles. The minimum atomic E-state index is 0.0781. The molecule has 2 fully saturated rings. The lowest BCUT2D eigenvalue weighted by molar-refractivity contribution is -0.119. The molecule has 7 heteroatoms. The zero-order valence-electron chi connectivity index (χ0n) is 14.0. The van der Waals surface area contributed by atoms with E-state index in [4.69, 9.17) is 9.72 Å². The van der Waals surface area contributed by atoms with Crippen LogP contribution < -0.4 is 15.5 Å². The van der Waals surface area contributed by atoms with Gasteiger partial charge in [0.2, 0.25) is 5.91 Å². The second-order valence-electron chi connectivity index (χ2n) is 6.37. The van der Waals surface area contributed by atoms with Gasteiger partial charge in [0.05, 0.1) is 24.8 Å². The maximum atomic E-state index is 12.2. The lowest BCUT2D eigenvalue weighted by atomic mass is 10.1. The van der Waals surface area contributed by atoms with Crippen LogP contribution in [0.15, 0.2) is 29.6 Å². The van der Waals surface area contributed by atoms with Gasteiger partial charge in [-0.3, -0.25) is 4.79 Å². The molecule has 4 rings (SSSR count). The van der Waals surface area contributed by atoms with E-state index in [2.05, 4.69) is 20.9 Å². The molecule has 25 heavy (non-hydrogen) atoms. The summed E-state index contributed by atoms with van der Waals surface area (Å²) >= 11 is 1.67. The molecule has 2 aliphatic heterocycles. The average molecular weight is 358 g/mol. The van der Waals surface area contributed by atoms with E-state index in [9.17, 15) is 4.79 Å². The van der Waals surface area contributed by atoms with E-state index >= 15 is 0 Å². The average Bonchev–Trinajstić information content (AvgIpc) is 3.35. The largest absolute Gasteiger partial charge is 0.378 e. The molecule has 0 radical (unpaired) electrons. The molecule has 1 aromatic heterocycles. The number of rotatable bonds is 4. The maximum absolute atomic E-state index is 12.2. The molecular formula is C18H22N4O2S. The SMILES string of the molecule is O=C(Nc1ccc(-c2csc(N3CCOCC3)n2)cc1)C1CCNC1. The Morgan fingerprint density at radius 2 is 2.08 bits per heavy atom. The van der Waals surface area contributed by atoms with E-state index < -0.39 is 0 Å². The second kappa shape index (κ2) is 7.51. The third kappa shape index (κ3) is 3.84. The summed E-state index contributed by atoms with van der Waals surface area (Å²) in [5.74, 6) is 0.176. The topological polar surface area (TPSA) is 66.5 Å². The van der Waals surface area contributed by atoms with Gasteiger partial charge in [0.15, 0.2) is 5.13 Å². The van der Waals surface area contributed by atoms with Gasteiger partial charge in [0.25, 0.3) is 0 Å². The van der Waals surface area contributed by atoms with Gasteiger partial charge in [0.1, 0.15) is 0 Å². The Balaban J connectivity index is 1.41. The van der Waals surface area contributed by atoms with E-state index in [1.807, 2.05) is 24.3 Å². The molecule has 0 bridgehead atoms. The Bertz CT molecular complexity index is 719. The minimum Gasteiger partial charge on any atom is -0.378 e. The van der Waals surface area contributed by atoms with Crippen molar-refractivity contribution in [3.63, 3.8) is 0 Å². The van der Waals surface area contributed by atoms with Gasteiger partial charge in [-0.15, -0.1) is 11.3 Å². The van der Waals surface area contributed by atoms with Crippen molar-refractivity contribution in [2.75, 3.05) is 49.6 Å². The maximum Gasteiger partial charge on any atom is 0.228 e. The van der Waals surface area contributed by atoms with Crippen LogP contribution in [0.25, 0.3) is 11.3 Å². The molecule has 1 atom stereocenters. The number of benzene rings is 1. The van der Waals surface area contributed by atoms with Gasteiger partial charge in [0, 0.05) is 36.3 Å². The molecule has 132 valence electrons. The van der Waals surface area contributed by atoms with Crippen molar-refractivity contribution in [2.24, 2.45) is 5.92 Å². The number of ether oxygens (including phenoxy) is 1. The molecule has 3 heterocycles. The monoisotopic (exact) mass is 358 g/mol. The fourth-order valence-corrected chi connectivity index (χ4v) is 4.03. The number of aromatic nitrogens is 1. The lowest BCUT2D eigenvalue weighted by Gasteiger charge is -2.26. The van der Waals surface area contributed by atoms with Gasteiger partial charge in [-0.05, 0) is 25.1 Å². The summed E-state index contributed by atoms with van der Waals surface area (Å²) in [6, 6.07) is 7.92. The summed E-state index contributed by atoms with van der Waals surface area (Å²) in [7, 11) is 0. The van der Waals surface area contributed by atoms with Crippen LogP contribution in [0.5, 0.6) is 0 Å². The van der Waals surface area contributed by atoms with Crippen molar-refractivity contribution in [1.82, 2.24) is 10.3 Å². The third-order valence-electron chi connectivity index (χ3n) is 4.65. The predicted molar refractivity (Wildman–Crippen MR) is 100 cm³/mol. The van der Waals surface area contributed by atoms with Crippen molar-refractivity contribution in [2.45, 2.75) is 6.42 Å². The number of hydrogen-bond acceptors (Lipinski definition) is 6. The van der Waals surface area contributed by atoms with Gasteiger partial charge in [-0.2, -0.15) is 0 Å². The number of hydrogen-bond donors (Lipinski definition) is 2. The Morgan fingerprint density at radius 3 is 2.80 bits per heavy atom. The number of thiazole rings is 1. The third-order valence-corrected chi connectivity index (χ3v) is 5.55. The first-order chi connectivity index (χ1) is 12.3. The quantitative estimate of drug-likeness (QED) is 0.877. The molecule has 0 spiro atoms. The molecule has 2 aromatic rings. The van der Waals surface area contributed by atoms with Crippen LogP contribution in [0.1, 0.15) is 6.42 Å². The predicted octanol–water partition coefficient (Wildman–Crippen LogP) is 2.19. The van der Waals surface area contributed by atoms with Crippen molar-refractivity contribution in [3.8, 4) is 11.3 Å². The van der Waals surface area contributed by atoms with E-state index in [0.29, 0.717) is 0 Å². The molecule has 0 aliphatic carbocycles. The molecule has 1 unspecified atom stereocenters. The summed E-state index contributed by atoms with van der Waals surface area (Å²) in [5, 5.41) is 9.35. The molecule has 6 nitrogen and oxygen atoms in total. The van der Waals surface area contributed by atoms with Crippen LogP contribution in [0, 0.1) is 5.92 Å². The summed E-state index contributed by atoms with van der Waals surface area (Å²) < 4.78 is 5.39. The highest BCUT2D eigenvalue weighted by atomic mass is 32.1. The standard InChI is InChI=1S/C18H22N4O2S/c23-17(14-5-6-19-11-14)20-15-3-1-13(2-4-15)16-12-25-18(21-16)22-7-9-24-10-8-22/h1-4,12,14,19H,5-11H2,(H,20,23). The van der Waals surface area contributed by atoms with Crippen molar-refractivity contribution in [3.05, 3.63) is 29.6 Å². The normalized spacial score (nSPS) is 20.6. The van der Waals surface area contributed by atoms with E-state index in [1.165, 1.54) is 0 Å². The first-order valence-corrected chi connectivity index (χ1v) is 9.58. The van der Waals surface area contributed by atoms with E-state index in [-0.39, 0.29) is 11.8 Å². The fraction of sp³-hybridized carbons (Fsp3) is 0.444. The Morgan fingerprint density at radius 1 is 1.28 bits per heavy atom.